The fourth-order valence-electron chi connectivity index (χ4n) is 3.40. The average Bonchev–Trinajstić information content (AvgIpc) is 3.32. The Labute approximate surface area is 170 Å². The number of hydrogen-bond acceptors (Lipinski definition) is 6. The Morgan fingerprint density at radius 2 is 1.79 bits per heavy atom. The molecule has 0 saturated carbocycles. The van der Waals surface area contributed by atoms with Gasteiger partial charge in [0.25, 0.3) is 0 Å². The molecule has 0 atom stereocenters. The molecule has 0 unspecified atom stereocenters. The number of nitrogens with zero attached hydrogens (tertiary/aromatic N) is 1. The Morgan fingerprint density at radius 1 is 1.00 bits per heavy atom. The summed E-state index contributed by atoms with van der Waals surface area (Å²) < 4.78 is 16.5. The van der Waals surface area contributed by atoms with Crippen LogP contribution in [0, 0.1) is 13.8 Å². The summed E-state index contributed by atoms with van der Waals surface area (Å²) in [5.41, 5.74) is 3.93. The number of methoxy groups -OCH3 is 1. The van der Waals surface area contributed by atoms with Crippen molar-refractivity contribution in [3.8, 4) is 27.6 Å². The first kappa shape index (κ1) is 17.7. The summed E-state index contributed by atoms with van der Waals surface area (Å²) in [6.45, 7) is 3.95. The Hall–Kier alpha value is -3.38. The fraction of sp³-hybridized carbons (Fsp3) is 0.130. The second-order valence-corrected chi connectivity index (χ2v) is 7.74. The topological polar surface area (TPSA) is 65.5 Å². The zero-order chi connectivity index (χ0) is 20.1. The Balaban J connectivity index is 1.61. The molecule has 0 aliphatic heterocycles. The number of ether oxygens (including phenoxy) is 1. The average molecular weight is 403 g/mol. The van der Waals surface area contributed by atoms with E-state index < -0.39 is 5.63 Å². The molecule has 29 heavy (non-hydrogen) atoms. The molecule has 5 rings (SSSR count). The van der Waals surface area contributed by atoms with Gasteiger partial charge in [-0.1, -0.05) is 0 Å². The van der Waals surface area contributed by atoms with Crippen LogP contribution in [0.5, 0.6) is 5.75 Å². The van der Waals surface area contributed by atoms with E-state index >= 15 is 0 Å². The fourth-order valence-corrected chi connectivity index (χ4v) is 4.23. The molecule has 0 saturated heterocycles. The Bertz CT molecular complexity index is 1420. The molecule has 6 heteroatoms. The summed E-state index contributed by atoms with van der Waals surface area (Å²) in [4.78, 5) is 17.3. The highest BCUT2D eigenvalue weighted by Gasteiger charge is 2.15. The first-order chi connectivity index (χ1) is 14.0. The van der Waals surface area contributed by atoms with E-state index in [2.05, 4.69) is 4.98 Å². The highest BCUT2D eigenvalue weighted by atomic mass is 32.1. The van der Waals surface area contributed by atoms with Crippen molar-refractivity contribution in [1.29, 1.82) is 0 Å². The van der Waals surface area contributed by atoms with Gasteiger partial charge in [-0.25, -0.2) is 9.78 Å². The van der Waals surface area contributed by atoms with Gasteiger partial charge in [0.2, 0.25) is 0 Å². The maximum absolute atomic E-state index is 12.6. The largest absolute Gasteiger partial charge is 0.497 e. The van der Waals surface area contributed by atoms with E-state index in [1.807, 2.05) is 55.6 Å². The molecule has 0 aliphatic carbocycles. The van der Waals surface area contributed by atoms with Crippen LogP contribution in [0.25, 0.3) is 43.8 Å². The van der Waals surface area contributed by atoms with E-state index in [0.717, 1.165) is 44.0 Å². The number of rotatable bonds is 3. The van der Waals surface area contributed by atoms with Crippen molar-refractivity contribution in [1.82, 2.24) is 4.98 Å². The van der Waals surface area contributed by atoms with Gasteiger partial charge in [0, 0.05) is 27.8 Å². The van der Waals surface area contributed by atoms with Crippen molar-refractivity contribution in [3.63, 3.8) is 0 Å². The number of thiazole rings is 1. The van der Waals surface area contributed by atoms with Crippen molar-refractivity contribution in [3.05, 3.63) is 69.6 Å². The smallest absolute Gasteiger partial charge is 0.345 e. The molecule has 0 bridgehead atoms. The van der Waals surface area contributed by atoms with Gasteiger partial charge in [0.15, 0.2) is 0 Å². The quantitative estimate of drug-likeness (QED) is 0.348. The van der Waals surface area contributed by atoms with Crippen LogP contribution in [0.1, 0.15) is 11.3 Å². The lowest BCUT2D eigenvalue weighted by molar-refractivity contribution is 0.415. The zero-order valence-electron chi connectivity index (χ0n) is 16.1. The van der Waals surface area contributed by atoms with Gasteiger partial charge >= 0.3 is 5.63 Å². The molecule has 2 aromatic carbocycles. The summed E-state index contributed by atoms with van der Waals surface area (Å²) in [5, 5.41) is 4.57. The molecule has 144 valence electrons. The third-order valence-electron chi connectivity index (χ3n) is 5.15. The van der Waals surface area contributed by atoms with Crippen LogP contribution in [0.4, 0.5) is 0 Å². The van der Waals surface area contributed by atoms with Gasteiger partial charge in [0.05, 0.1) is 18.4 Å². The van der Waals surface area contributed by atoms with Crippen LogP contribution in [-0.2, 0) is 0 Å². The predicted octanol–water partition coefficient (Wildman–Crippen LogP) is 5.96. The molecule has 0 fully saturated rings. The molecule has 5 nitrogen and oxygen atoms in total. The standard InChI is InChI=1S/C23H17NO4S/c1-12-13(2)27-21-10-20-15(8-17(12)21)9-18(23(25)28-20)19-11-29-22(24-19)14-4-6-16(26-3)7-5-14/h4-11H,1-3H3. The lowest BCUT2D eigenvalue weighted by Crippen LogP contribution is -2.02. The van der Waals surface area contributed by atoms with Gasteiger partial charge in [-0.3, -0.25) is 0 Å². The number of fused-ring (bicyclic) bond motifs is 2. The maximum Gasteiger partial charge on any atom is 0.345 e. The van der Waals surface area contributed by atoms with Crippen LogP contribution in [-0.4, -0.2) is 12.1 Å². The number of furan rings is 1. The predicted molar refractivity (Wildman–Crippen MR) is 115 cm³/mol. The van der Waals surface area contributed by atoms with Crippen molar-refractivity contribution < 1.29 is 13.6 Å². The van der Waals surface area contributed by atoms with Crippen LogP contribution < -0.4 is 10.4 Å². The van der Waals surface area contributed by atoms with E-state index in [1.54, 1.807) is 13.2 Å². The Kier molecular flexibility index (Phi) is 4.03. The van der Waals surface area contributed by atoms with Gasteiger partial charge in [-0.05, 0) is 55.8 Å². The van der Waals surface area contributed by atoms with E-state index in [4.69, 9.17) is 13.6 Å². The minimum Gasteiger partial charge on any atom is -0.497 e. The van der Waals surface area contributed by atoms with Crippen LogP contribution >= 0.6 is 11.3 Å². The van der Waals surface area contributed by atoms with Gasteiger partial charge in [-0.2, -0.15) is 0 Å². The summed E-state index contributed by atoms with van der Waals surface area (Å²) in [6, 6.07) is 13.3. The normalized spacial score (nSPS) is 11.4. The third kappa shape index (κ3) is 2.93. The summed E-state index contributed by atoms with van der Waals surface area (Å²) in [7, 11) is 1.63. The minimum absolute atomic E-state index is 0.413. The van der Waals surface area contributed by atoms with Crippen LogP contribution in [0.3, 0.4) is 0 Å². The highest BCUT2D eigenvalue weighted by molar-refractivity contribution is 7.13. The number of aryl methyl sites for hydroxylation is 2. The molecular weight excluding hydrogens is 386 g/mol. The van der Waals surface area contributed by atoms with Crippen LogP contribution in [0.15, 0.2) is 61.5 Å². The van der Waals surface area contributed by atoms with Crippen LogP contribution in [0.2, 0.25) is 0 Å². The summed E-state index contributed by atoms with van der Waals surface area (Å²) in [6.07, 6.45) is 0. The number of hydrogen-bond donors (Lipinski definition) is 0. The van der Waals surface area contributed by atoms with E-state index in [1.165, 1.54) is 11.3 Å². The van der Waals surface area contributed by atoms with Gasteiger partial charge < -0.3 is 13.6 Å². The molecular formula is C23H17NO4S. The van der Waals surface area contributed by atoms with Gasteiger partial charge in [-0.15, -0.1) is 11.3 Å². The SMILES string of the molecule is COc1ccc(-c2nc(-c3cc4cc5c(C)c(C)oc5cc4oc3=O)cs2)cc1. The Morgan fingerprint density at radius 3 is 2.55 bits per heavy atom. The third-order valence-corrected chi connectivity index (χ3v) is 6.04. The zero-order valence-corrected chi connectivity index (χ0v) is 16.9. The second kappa shape index (κ2) is 6.60. The molecule has 0 spiro atoms. The lowest BCUT2D eigenvalue weighted by Gasteiger charge is -2.01. The summed E-state index contributed by atoms with van der Waals surface area (Å²) in [5.74, 6) is 1.65. The van der Waals surface area contributed by atoms with E-state index in [9.17, 15) is 4.79 Å². The van der Waals surface area contributed by atoms with E-state index in [-0.39, 0.29) is 0 Å². The lowest BCUT2D eigenvalue weighted by atomic mass is 10.1. The molecule has 3 heterocycles. The van der Waals surface area contributed by atoms with Gasteiger partial charge in [0.1, 0.15) is 27.7 Å². The minimum atomic E-state index is -0.413. The van der Waals surface area contributed by atoms with Crippen molar-refractivity contribution in [2.24, 2.45) is 0 Å². The number of benzene rings is 2. The summed E-state index contributed by atoms with van der Waals surface area (Å²) >= 11 is 1.49. The molecule has 0 radical (unpaired) electrons. The monoisotopic (exact) mass is 403 g/mol. The van der Waals surface area contributed by atoms with Crippen molar-refractivity contribution >= 4 is 33.3 Å². The molecule has 0 aliphatic rings. The maximum atomic E-state index is 12.6. The molecule has 5 aromatic rings. The first-order valence-electron chi connectivity index (χ1n) is 9.11. The molecule has 3 aromatic heterocycles. The second-order valence-electron chi connectivity index (χ2n) is 6.88. The van der Waals surface area contributed by atoms with E-state index in [0.29, 0.717) is 16.8 Å². The van der Waals surface area contributed by atoms with Crippen molar-refractivity contribution in [2.75, 3.05) is 7.11 Å². The molecule has 0 amide bonds. The molecule has 0 N–H and O–H groups in total. The first-order valence-corrected chi connectivity index (χ1v) is 9.99. The number of aromatic nitrogens is 1. The van der Waals surface area contributed by atoms with Crippen molar-refractivity contribution in [2.45, 2.75) is 13.8 Å². The highest BCUT2D eigenvalue weighted by Crippen LogP contribution is 2.32.